The Morgan fingerprint density at radius 1 is 1.03 bits per heavy atom. The van der Waals surface area contributed by atoms with Gasteiger partial charge in [0.05, 0.1) is 23.3 Å². The Kier molecular flexibility index (Phi) is 6.19. The molecule has 0 spiro atoms. The summed E-state index contributed by atoms with van der Waals surface area (Å²) in [5, 5.41) is 10.9. The van der Waals surface area contributed by atoms with Crippen LogP contribution in [0.3, 0.4) is 0 Å². The topological polar surface area (TPSA) is 65.8 Å². The van der Waals surface area contributed by atoms with E-state index in [4.69, 9.17) is 4.42 Å². The van der Waals surface area contributed by atoms with Crippen LogP contribution in [0.2, 0.25) is 0 Å². The fraction of sp³-hybridized carbons (Fsp3) is 0.344. The first-order valence-corrected chi connectivity index (χ1v) is 14.9. The summed E-state index contributed by atoms with van der Waals surface area (Å²) in [4.78, 5) is 14.0. The zero-order chi connectivity index (χ0) is 26.5. The minimum Gasteiger partial charge on any atom is -0.461 e. The number of ketones is 1. The Balaban J connectivity index is 1.24. The Morgan fingerprint density at radius 3 is 2.59 bits per heavy atom. The number of furan rings is 1. The molecule has 0 saturated heterocycles. The van der Waals surface area contributed by atoms with Gasteiger partial charge in [0, 0.05) is 24.0 Å². The van der Waals surface area contributed by atoms with Gasteiger partial charge in [-0.25, -0.2) is 0 Å². The highest BCUT2D eigenvalue weighted by Crippen LogP contribution is 2.53. The number of hydrogen-bond donors (Lipinski definition) is 0. The number of aromatic nitrogens is 4. The van der Waals surface area contributed by atoms with E-state index in [1.807, 2.05) is 55.6 Å². The van der Waals surface area contributed by atoms with Gasteiger partial charge in [0.15, 0.2) is 16.7 Å². The fourth-order valence-electron chi connectivity index (χ4n) is 7.20. The van der Waals surface area contributed by atoms with Gasteiger partial charge in [-0.3, -0.25) is 9.36 Å². The first-order valence-electron chi connectivity index (χ1n) is 13.9. The minimum atomic E-state index is 0.0947. The molecule has 3 aromatic heterocycles. The summed E-state index contributed by atoms with van der Waals surface area (Å²) in [5.41, 5.74) is 3.82. The lowest BCUT2D eigenvalue weighted by molar-refractivity contribution is 0.102. The van der Waals surface area contributed by atoms with Crippen LogP contribution in [0.25, 0.3) is 33.7 Å². The van der Waals surface area contributed by atoms with E-state index >= 15 is 0 Å². The summed E-state index contributed by atoms with van der Waals surface area (Å²) < 4.78 is 10.1. The molecule has 0 unspecified atom stereocenters. The van der Waals surface area contributed by atoms with Crippen LogP contribution >= 0.6 is 11.8 Å². The minimum absolute atomic E-state index is 0.0947. The number of carbonyl (C=O) groups is 1. The maximum atomic E-state index is 14.0. The van der Waals surface area contributed by atoms with Crippen LogP contribution in [0.1, 0.15) is 49.0 Å². The third kappa shape index (κ3) is 4.15. The number of para-hydroxylation sites is 1. The lowest BCUT2D eigenvalue weighted by Gasteiger charge is -2.30. The van der Waals surface area contributed by atoms with Crippen LogP contribution in [-0.4, -0.2) is 30.9 Å². The van der Waals surface area contributed by atoms with Gasteiger partial charge < -0.3 is 8.98 Å². The Bertz CT molecular complexity index is 1640. The number of aryl methyl sites for hydroxylation is 1. The van der Waals surface area contributed by atoms with Gasteiger partial charge in [-0.15, -0.1) is 10.2 Å². The summed E-state index contributed by atoms with van der Waals surface area (Å²) >= 11 is 1.49. The SMILES string of the molecule is C[C@H]([C@H]1C[C@@H]2CC[C@@H]1C2)n1c(SCC(=O)c2c(-c3ccccc3)n(C)c3ccccc23)nnc1-c1ccco1. The van der Waals surface area contributed by atoms with Crippen LogP contribution in [0.5, 0.6) is 0 Å². The summed E-state index contributed by atoms with van der Waals surface area (Å²) in [7, 11) is 2.04. The molecule has 2 fully saturated rings. The first kappa shape index (κ1) is 24.5. The van der Waals surface area contributed by atoms with Crippen molar-refractivity contribution in [3.05, 3.63) is 78.6 Å². The predicted molar refractivity (Wildman–Crippen MR) is 155 cm³/mol. The summed E-state index contributed by atoms with van der Waals surface area (Å²) in [6.07, 6.45) is 6.98. The van der Waals surface area contributed by atoms with Crippen LogP contribution in [0, 0.1) is 17.8 Å². The highest BCUT2D eigenvalue weighted by molar-refractivity contribution is 7.99. The van der Waals surface area contributed by atoms with Gasteiger partial charge >= 0.3 is 0 Å². The number of hydrogen-bond acceptors (Lipinski definition) is 5. The number of thioether (sulfide) groups is 1. The Morgan fingerprint density at radius 2 is 1.85 bits per heavy atom. The quantitative estimate of drug-likeness (QED) is 0.150. The average Bonchev–Trinajstić information content (AvgIpc) is 3.80. The largest absolute Gasteiger partial charge is 0.461 e. The monoisotopic (exact) mass is 536 g/mol. The van der Waals surface area contributed by atoms with E-state index in [9.17, 15) is 4.79 Å². The molecule has 2 saturated carbocycles. The van der Waals surface area contributed by atoms with Gasteiger partial charge in [0.1, 0.15) is 0 Å². The molecule has 0 N–H and O–H groups in total. The number of benzene rings is 2. The molecule has 0 amide bonds. The predicted octanol–water partition coefficient (Wildman–Crippen LogP) is 7.67. The Hall–Kier alpha value is -3.58. The van der Waals surface area contributed by atoms with Crippen LogP contribution in [-0.2, 0) is 7.05 Å². The van der Waals surface area contributed by atoms with Crippen molar-refractivity contribution in [2.75, 3.05) is 5.75 Å². The first-order chi connectivity index (χ1) is 19.1. The molecule has 7 heteroatoms. The molecule has 2 bridgehead atoms. The molecule has 39 heavy (non-hydrogen) atoms. The molecule has 4 atom stereocenters. The molecule has 5 aromatic rings. The van der Waals surface area contributed by atoms with E-state index in [0.29, 0.717) is 5.92 Å². The number of carbonyl (C=O) groups excluding carboxylic acids is 1. The second-order valence-electron chi connectivity index (χ2n) is 11.1. The van der Waals surface area contributed by atoms with E-state index < -0.39 is 0 Å². The van der Waals surface area contributed by atoms with Gasteiger partial charge in [-0.2, -0.15) is 0 Å². The fourth-order valence-corrected chi connectivity index (χ4v) is 8.10. The molecule has 0 radical (unpaired) electrons. The third-order valence-electron chi connectivity index (χ3n) is 8.99. The summed E-state index contributed by atoms with van der Waals surface area (Å²) in [5.74, 6) is 4.07. The molecule has 0 aliphatic heterocycles. The van der Waals surface area contributed by atoms with Crippen molar-refractivity contribution < 1.29 is 9.21 Å². The second kappa shape index (κ2) is 9.87. The van der Waals surface area contributed by atoms with Gasteiger partial charge in [0.25, 0.3) is 0 Å². The summed E-state index contributed by atoms with van der Waals surface area (Å²) in [6.45, 7) is 2.30. The van der Waals surface area contributed by atoms with E-state index in [0.717, 1.165) is 56.3 Å². The van der Waals surface area contributed by atoms with Crippen LogP contribution in [0.15, 0.2) is 82.6 Å². The number of rotatable bonds is 8. The zero-order valence-electron chi connectivity index (χ0n) is 22.3. The molecule has 6 nitrogen and oxygen atoms in total. The maximum absolute atomic E-state index is 14.0. The highest BCUT2D eigenvalue weighted by Gasteiger charge is 2.43. The van der Waals surface area contributed by atoms with Crippen LogP contribution < -0.4 is 0 Å². The van der Waals surface area contributed by atoms with E-state index in [1.54, 1.807) is 6.26 Å². The molecule has 3 heterocycles. The average molecular weight is 537 g/mol. The van der Waals surface area contributed by atoms with Crippen LogP contribution in [0.4, 0.5) is 0 Å². The van der Waals surface area contributed by atoms with Crippen molar-refractivity contribution in [2.45, 2.75) is 43.8 Å². The number of fused-ring (bicyclic) bond motifs is 3. The maximum Gasteiger partial charge on any atom is 0.200 e. The van der Waals surface area contributed by atoms with Gasteiger partial charge in [-0.1, -0.05) is 66.7 Å². The third-order valence-corrected chi connectivity index (χ3v) is 9.93. The highest BCUT2D eigenvalue weighted by atomic mass is 32.2. The van der Waals surface area contributed by atoms with Crippen molar-refractivity contribution in [1.82, 2.24) is 19.3 Å². The number of nitrogens with zero attached hydrogens (tertiary/aromatic N) is 4. The molecule has 7 rings (SSSR count). The van der Waals surface area contributed by atoms with Crippen molar-refractivity contribution in [3.8, 4) is 22.8 Å². The van der Waals surface area contributed by atoms with Crippen molar-refractivity contribution >= 4 is 28.4 Å². The molecular weight excluding hydrogens is 504 g/mol. The molecule has 2 aromatic carbocycles. The van der Waals surface area contributed by atoms with E-state index in [-0.39, 0.29) is 17.6 Å². The van der Waals surface area contributed by atoms with Crippen molar-refractivity contribution in [1.29, 1.82) is 0 Å². The molecule has 2 aliphatic rings. The van der Waals surface area contributed by atoms with Gasteiger partial charge in [0.2, 0.25) is 5.82 Å². The second-order valence-corrected chi connectivity index (χ2v) is 12.1. The lowest BCUT2D eigenvalue weighted by Crippen LogP contribution is -2.23. The smallest absolute Gasteiger partial charge is 0.200 e. The zero-order valence-corrected chi connectivity index (χ0v) is 23.1. The molecule has 198 valence electrons. The molecule has 2 aliphatic carbocycles. The lowest BCUT2D eigenvalue weighted by atomic mass is 9.84. The standard InChI is InChI=1S/C32H32N4O2S/c1-20(25-18-21-14-15-23(25)17-21)36-31(28-13-8-16-38-28)33-34-32(36)39-19-27(37)29-24-11-6-7-12-26(24)35(2)30(29)22-9-4-3-5-10-22/h3-13,16,20-21,23,25H,14-15,17-19H2,1-2H3/t20-,21-,23-,25-/m1/s1. The van der Waals surface area contributed by atoms with Gasteiger partial charge in [-0.05, 0) is 67.7 Å². The van der Waals surface area contributed by atoms with Crippen molar-refractivity contribution in [2.24, 2.45) is 24.8 Å². The summed E-state index contributed by atoms with van der Waals surface area (Å²) in [6, 6.07) is 22.4. The van der Waals surface area contributed by atoms with E-state index in [2.05, 4.69) is 44.5 Å². The Labute approximate surface area is 232 Å². The normalized spacial score (nSPS) is 21.1. The number of Topliss-reactive ketones (excluding diaryl/α,β-unsaturated/α-hetero) is 1. The van der Waals surface area contributed by atoms with Crippen molar-refractivity contribution in [3.63, 3.8) is 0 Å². The van der Waals surface area contributed by atoms with E-state index in [1.165, 1.54) is 37.4 Å². The molecular formula is C32H32N4O2S.